The molecular weight excluding hydrogens is 246 g/mol. The molecule has 1 aromatic carbocycles. The highest BCUT2D eigenvalue weighted by Gasteiger charge is 2.23. The van der Waals surface area contributed by atoms with Gasteiger partial charge in [0.1, 0.15) is 24.1 Å². The Balaban J connectivity index is 1.99. The third-order valence-corrected chi connectivity index (χ3v) is 3.20. The zero-order valence-electron chi connectivity index (χ0n) is 11.3. The van der Waals surface area contributed by atoms with Gasteiger partial charge in [-0.25, -0.2) is 0 Å². The maximum atomic E-state index is 11.8. The molecule has 1 N–H and O–H groups in total. The van der Waals surface area contributed by atoms with Crippen LogP contribution in [0.1, 0.15) is 18.4 Å². The lowest BCUT2D eigenvalue weighted by molar-refractivity contribution is -0.147. The Morgan fingerprint density at radius 1 is 1.37 bits per heavy atom. The molecule has 19 heavy (non-hydrogen) atoms. The van der Waals surface area contributed by atoms with Crippen LogP contribution in [0.3, 0.4) is 0 Å². The molecule has 1 saturated heterocycles. The molecule has 5 nitrogen and oxygen atoms in total. The summed E-state index contributed by atoms with van der Waals surface area (Å²) >= 11 is 0. The van der Waals surface area contributed by atoms with Gasteiger partial charge in [-0.2, -0.15) is 0 Å². The molecule has 1 unspecified atom stereocenters. The van der Waals surface area contributed by atoms with Gasteiger partial charge in [0.25, 0.3) is 0 Å². The van der Waals surface area contributed by atoms with Gasteiger partial charge in [-0.15, -0.1) is 0 Å². The quantitative estimate of drug-likeness (QED) is 0.818. The van der Waals surface area contributed by atoms with Crippen LogP contribution in [0.15, 0.2) is 18.2 Å². The average molecular weight is 265 g/mol. The fourth-order valence-electron chi connectivity index (χ4n) is 2.13. The first kappa shape index (κ1) is 13.7. The van der Waals surface area contributed by atoms with E-state index in [1.165, 1.54) is 0 Å². The van der Waals surface area contributed by atoms with E-state index in [4.69, 9.17) is 14.2 Å². The lowest BCUT2D eigenvalue weighted by Gasteiger charge is -2.13. The van der Waals surface area contributed by atoms with Crippen molar-refractivity contribution in [2.45, 2.75) is 25.5 Å². The molecule has 0 radical (unpaired) electrons. The summed E-state index contributed by atoms with van der Waals surface area (Å²) < 4.78 is 15.7. The molecule has 0 aliphatic carbocycles. The van der Waals surface area contributed by atoms with Crippen molar-refractivity contribution in [3.05, 3.63) is 23.8 Å². The van der Waals surface area contributed by atoms with E-state index in [0.717, 1.165) is 24.9 Å². The maximum Gasteiger partial charge on any atom is 0.323 e. The largest absolute Gasteiger partial charge is 0.497 e. The van der Waals surface area contributed by atoms with Gasteiger partial charge in [0, 0.05) is 5.56 Å². The Bertz CT molecular complexity index is 441. The number of benzene rings is 1. The average Bonchev–Trinajstić information content (AvgIpc) is 2.98. The first-order chi connectivity index (χ1) is 9.24. The van der Waals surface area contributed by atoms with Crippen LogP contribution < -0.4 is 14.8 Å². The van der Waals surface area contributed by atoms with Crippen molar-refractivity contribution in [3.8, 4) is 11.5 Å². The second-order valence-electron chi connectivity index (χ2n) is 4.43. The summed E-state index contributed by atoms with van der Waals surface area (Å²) in [5.74, 6) is 1.20. The van der Waals surface area contributed by atoms with Crippen LogP contribution in [0.25, 0.3) is 0 Å². The van der Waals surface area contributed by atoms with E-state index in [9.17, 15) is 4.79 Å². The summed E-state index contributed by atoms with van der Waals surface area (Å²) in [6.07, 6.45) is 1.86. The minimum atomic E-state index is -0.206. The van der Waals surface area contributed by atoms with Crippen molar-refractivity contribution in [2.24, 2.45) is 0 Å². The molecule has 0 amide bonds. The highest BCUT2D eigenvalue weighted by molar-refractivity contribution is 5.76. The van der Waals surface area contributed by atoms with Crippen LogP contribution in [0.4, 0.5) is 0 Å². The van der Waals surface area contributed by atoms with E-state index >= 15 is 0 Å². The normalized spacial score (nSPS) is 18.1. The Kier molecular flexibility index (Phi) is 4.63. The molecule has 1 aromatic rings. The minimum absolute atomic E-state index is 0.170. The summed E-state index contributed by atoms with van der Waals surface area (Å²) in [4.78, 5) is 11.8. The second kappa shape index (κ2) is 6.43. The number of ether oxygens (including phenoxy) is 3. The topological polar surface area (TPSA) is 56.8 Å². The summed E-state index contributed by atoms with van der Waals surface area (Å²) in [6, 6.07) is 5.25. The van der Waals surface area contributed by atoms with Gasteiger partial charge in [-0.05, 0) is 37.6 Å². The molecule has 1 atom stereocenters. The molecule has 1 aliphatic rings. The van der Waals surface area contributed by atoms with Crippen molar-refractivity contribution in [2.75, 3.05) is 20.8 Å². The van der Waals surface area contributed by atoms with E-state index in [1.807, 2.05) is 12.1 Å². The molecular formula is C14H19NO4. The molecule has 104 valence electrons. The van der Waals surface area contributed by atoms with Crippen molar-refractivity contribution in [1.29, 1.82) is 0 Å². The molecule has 1 aliphatic heterocycles. The van der Waals surface area contributed by atoms with Crippen LogP contribution >= 0.6 is 0 Å². The molecule has 2 rings (SSSR count). The fourth-order valence-corrected chi connectivity index (χ4v) is 2.13. The number of methoxy groups -OCH3 is 2. The van der Waals surface area contributed by atoms with E-state index in [0.29, 0.717) is 11.5 Å². The molecule has 1 heterocycles. The highest BCUT2D eigenvalue weighted by atomic mass is 16.5. The van der Waals surface area contributed by atoms with Gasteiger partial charge in [0.2, 0.25) is 0 Å². The monoisotopic (exact) mass is 265 g/mol. The first-order valence-electron chi connectivity index (χ1n) is 6.35. The maximum absolute atomic E-state index is 11.8. The van der Waals surface area contributed by atoms with E-state index in [1.54, 1.807) is 20.3 Å². The summed E-state index contributed by atoms with van der Waals surface area (Å²) in [7, 11) is 3.19. The van der Waals surface area contributed by atoms with Crippen molar-refractivity contribution in [3.63, 3.8) is 0 Å². The van der Waals surface area contributed by atoms with Crippen LogP contribution in [-0.4, -0.2) is 32.8 Å². The van der Waals surface area contributed by atoms with Crippen LogP contribution in [0.2, 0.25) is 0 Å². The van der Waals surface area contributed by atoms with E-state index < -0.39 is 0 Å². The number of hydrogen-bond acceptors (Lipinski definition) is 5. The number of carbonyl (C=O) groups is 1. The zero-order valence-corrected chi connectivity index (χ0v) is 11.3. The Morgan fingerprint density at radius 3 is 2.84 bits per heavy atom. The Labute approximate surface area is 112 Å². The third-order valence-electron chi connectivity index (χ3n) is 3.20. The third kappa shape index (κ3) is 3.38. The van der Waals surface area contributed by atoms with E-state index in [2.05, 4.69) is 5.32 Å². The highest BCUT2D eigenvalue weighted by Crippen LogP contribution is 2.24. The van der Waals surface area contributed by atoms with Gasteiger partial charge < -0.3 is 19.5 Å². The van der Waals surface area contributed by atoms with E-state index in [-0.39, 0.29) is 18.6 Å². The van der Waals surface area contributed by atoms with Crippen LogP contribution in [0.5, 0.6) is 11.5 Å². The van der Waals surface area contributed by atoms with Crippen LogP contribution in [0, 0.1) is 0 Å². The predicted molar refractivity (Wildman–Crippen MR) is 70.4 cm³/mol. The summed E-state index contributed by atoms with van der Waals surface area (Å²) in [5, 5.41) is 3.11. The van der Waals surface area contributed by atoms with Crippen LogP contribution in [-0.2, 0) is 16.1 Å². The number of hydrogen-bond donors (Lipinski definition) is 1. The molecule has 0 spiro atoms. The Morgan fingerprint density at radius 2 is 2.21 bits per heavy atom. The van der Waals surface area contributed by atoms with Crippen molar-refractivity contribution < 1.29 is 19.0 Å². The number of carbonyl (C=O) groups excluding carboxylic acids is 1. The molecule has 5 heteroatoms. The summed E-state index contributed by atoms with van der Waals surface area (Å²) in [5.41, 5.74) is 0.799. The minimum Gasteiger partial charge on any atom is -0.497 e. The zero-order chi connectivity index (χ0) is 13.7. The lowest BCUT2D eigenvalue weighted by atomic mass is 10.2. The number of nitrogens with one attached hydrogen (secondary N) is 1. The Hall–Kier alpha value is -1.75. The number of rotatable bonds is 5. The fraction of sp³-hybridized carbons (Fsp3) is 0.500. The van der Waals surface area contributed by atoms with Crippen molar-refractivity contribution >= 4 is 5.97 Å². The summed E-state index contributed by atoms with van der Waals surface area (Å²) in [6.45, 7) is 1.07. The predicted octanol–water partition coefficient (Wildman–Crippen LogP) is 1.50. The first-order valence-corrected chi connectivity index (χ1v) is 6.35. The second-order valence-corrected chi connectivity index (χ2v) is 4.43. The SMILES string of the molecule is COc1ccc(OC)c(COC(=O)C2CCCN2)c1. The van der Waals surface area contributed by atoms with Gasteiger partial charge in [0.15, 0.2) is 0 Å². The van der Waals surface area contributed by atoms with Gasteiger partial charge in [-0.3, -0.25) is 4.79 Å². The number of esters is 1. The molecule has 0 aromatic heterocycles. The molecule has 0 saturated carbocycles. The van der Waals surface area contributed by atoms with Gasteiger partial charge in [-0.1, -0.05) is 0 Å². The molecule has 0 bridgehead atoms. The van der Waals surface area contributed by atoms with Crippen molar-refractivity contribution in [1.82, 2.24) is 5.32 Å². The lowest BCUT2D eigenvalue weighted by Crippen LogP contribution is -2.32. The molecule has 1 fully saturated rings. The van der Waals surface area contributed by atoms with Gasteiger partial charge in [0.05, 0.1) is 14.2 Å². The standard InChI is InChI=1S/C14H19NO4/c1-17-11-5-6-13(18-2)10(8-11)9-19-14(16)12-4-3-7-15-12/h5-6,8,12,15H,3-4,7,9H2,1-2H3. The smallest absolute Gasteiger partial charge is 0.323 e. The van der Waals surface area contributed by atoms with Gasteiger partial charge >= 0.3 is 5.97 Å².